The smallest absolute Gasteiger partial charge is 0.252 e. The number of hydrogen-bond acceptors (Lipinski definition) is 6. The van der Waals surface area contributed by atoms with Gasteiger partial charge < -0.3 is 15.4 Å². The maximum atomic E-state index is 12.2. The molecule has 0 spiro atoms. The van der Waals surface area contributed by atoms with Crippen LogP contribution in [0.2, 0.25) is 5.02 Å². The summed E-state index contributed by atoms with van der Waals surface area (Å²) in [4.78, 5) is 25.1. The number of benzene rings is 1. The van der Waals surface area contributed by atoms with Crippen LogP contribution in [0.5, 0.6) is 0 Å². The Hall–Kier alpha value is -3.03. The van der Waals surface area contributed by atoms with Crippen molar-refractivity contribution in [1.82, 2.24) is 20.3 Å². The first-order valence-electron chi connectivity index (χ1n) is 8.23. The molecule has 0 aliphatic heterocycles. The van der Waals surface area contributed by atoms with Gasteiger partial charge in [0.15, 0.2) is 0 Å². The molecule has 27 heavy (non-hydrogen) atoms. The maximum absolute atomic E-state index is 12.2. The van der Waals surface area contributed by atoms with Crippen LogP contribution in [0.4, 0.5) is 11.5 Å². The van der Waals surface area contributed by atoms with Crippen molar-refractivity contribution in [2.75, 3.05) is 25.6 Å². The van der Waals surface area contributed by atoms with Crippen molar-refractivity contribution in [3.8, 4) is 11.3 Å². The minimum absolute atomic E-state index is 0.220. The highest BCUT2D eigenvalue weighted by atomic mass is 35.5. The van der Waals surface area contributed by atoms with E-state index in [4.69, 9.17) is 16.3 Å². The molecule has 2 aromatic heterocycles. The summed E-state index contributed by atoms with van der Waals surface area (Å²) in [6.45, 7) is 0.875. The standard InChI is InChI=1S/C19H18ClN5O2/c1-27-6-5-23-19(26)14-7-13(9-21-10-14)17-11-22-12-18(25-17)24-16-4-2-3-15(20)8-16/h2-4,7-12H,5-6H2,1H3,(H,23,26)(H,24,25). The van der Waals surface area contributed by atoms with E-state index >= 15 is 0 Å². The number of carbonyl (C=O) groups excluding carboxylic acids is 1. The summed E-state index contributed by atoms with van der Waals surface area (Å²) < 4.78 is 4.93. The normalized spacial score (nSPS) is 10.4. The minimum Gasteiger partial charge on any atom is -0.383 e. The van der Waals surface area contributed by atoms with Crippen molar-refractivity contribution in [3.05, 3.63) is 65.7 Å². The van der Waals surface area contributed by atoms with E-state index in [1.165, 1.54) is 6.20 Å². The number of nitrogens with zero attached hydrogens (tertiary/aromatic N) is 3. The van der Waals surface area contributed by atoms with E-state index in [9.17, 15) is 4.79 Å². The first-order chi connectivity index (χ1) is 13.2. The molecule has 0 aliphatic rings. The molecule has 0 aliphatic carbocycles. The Bertz CT molecular complexity index is 935. The molecule has 3 aromatic rings. The van der Waals surface area contributed by atoms with E-state index in [1.807, 2.05) is 12.1 Å². The van der Waals surface area contributed by atoms with Crippen LogP contribution in [0.1, 0.15) is 10.4 Å². The molecule has 0 unspecified atom stereocenters. The summed E-state index contributed by atoms with van der Waals surface area (Å²) in [7, 11) is 1.58. The zero-order valence-electron chi connectivity index (χ0n) is 14.6. The van der Waals surface area contributed by atoms with Gasteiger partial charge in [-0.25, -0.2) is 4.98 Å². The van der Waals surface area contributed by atoms with Crippen LogP contribution in [0, 0.1) is 0 Å². The van der Waals surface area contributed by atoms with E-state index in [-0.39, 0.29) is 5.91 Å². The Morgan fingerprint density at radius 1 is 1.15 bits per heavy atom. The van der Waals surface area contributed by atoms with Gasteiger partial charge in [0.2, 0.25) is 0 Å². The van der Waals surface area contributed by atoms with Crippen LogP contribution in [-0.4, -0.2) is 41.1 Å². The third-order valence-corrected chi connectivity index (χ3v) is 3.85. The molecule has 1 aromatic carbocycles. The number of aromatic nitrogens is 3. The molecular weight excluding hydrogens is 366 g/mol. The summed E-state index contributed by atoms with van der Waals surface area (Å²) in [6.07, 6.45) is 6.37. The van der Waals surface area contributed by atoms with E-state index in [0.717, 1.165) is 5.69 Å². The summed E-state index contributed by atoms with van der Waals surface area (Å²) in [6, 6.07) is 9.04. The molecule has 8 heteroatoms. The topological polar surface area (TPSA) is 89.0 Å². The fourth-order valence-electron chi connectivity index (χ4n) is 2.35. The molecular formula is C19H18ClN5O2. The Morgan fingerprint density at radius 3 is 2.81 bits per heavy atom. The van der Waals surface area contributed by atoms with Crippen LogP contribution in [-0.2, 0) is 4.74 Å². The second-order valence-electron chi connectivity index (χ2n) is 5.64. The quantitative estimate of drug-likeness (QED) is 0.608. The van der Waals surface area contributed by atoms with Gasteiger partial charge in [0.05, 0.1) is 30.3 Å². The third-order valence-electron chi connectivity index (χ3n) is 3.62. The zero-order valence-corrected chi connectivity index (χ0v) is 15.4. The molecule has 138 valence electrons. The van der Waals surface area contributed by atoms with Crippen LogP contribution in [0.3, 0.4) is 0 Å². The average molecular weight is 384 g/mol. The van der Waals surface area contributed by atoms with Crippen molar-refractivity contribution >= 4 is 29.0 Å². The van der Waals surface area contributed by atoms with Crippen molar-refractivity contribution < 1.29 is 9.53 Å². The van der Waals surface area contributed by atoms with Crippen molar-refractivity contribution in [3.63, 3.8) is 0 Å². The zero-order chi connectivity index (χ0) is 19.1. The second-order valence-corrected chi connectivity index (χ2v) is 6.07. The van der Waals surface area contributed by atoms with Crippen molar-refractivity contribution in [2.45, 2.75) is 0 Å². The maximum Gasteiger partial charge on any atom is 0.252 e. The molecule has 0 saturated heterocycles. The molecule has 0 saturated carbocycles. The van der Waals surface area contributed by atoms with Crippen LogP contribution in [0.15, 0.2) is 55.1 Å². The van der Waals surface area contributed by atoms with E-state index < -0.39 is 0 Å². The molecule has 2 heterocycles. The largest absolute Gasteiger partial charge is 0.383 e. The number of rotatable bonds is 7. The van der Waals surface area contributed by atoms with Crippen LogP contribution in [0.25, 0.3) is 11.3 Å². The number of pyridine rings is 1. The monoisotopic (exact) mass is 383 g/mol. The molecule has 0 radical (unpaired) electrons. The lowest BCUT2D eigenvalue weighted by molar-refractivity contribution is 0.0937. The fourth-order valence-corrected chi connectivity index (χ4v) is 2.54. The molecule has 3 rings (SSSR count). The SMILES string of the molecule is COCCNC(=O)c1cncc(-c2cncc(Nc3cccc(Cl)c3)n2)c1. The van der Waals surface area contributed by atoms with Crippen molar-refractivity contribution in [2.24, 2.45) is 0 Å². The molecule has 1 amide bonds. The molecule has 2 N–H and O–H groups in total. The number of carbonyl (C=O) groups is 1. The van der Waals surface area contributed by atoms with Gasteiger partial charge in [-0.15, -0.1) is 0 Å². The number of halogens is 1. The highest BCUT2D eigenvalue weighted by Gasteiger charge is 2.09. The fraction of sp³-hybridized carbons (Fsp3) is 0.158. The van der Waals surface area contributed by atoms with Gasteiger partial charge >= 0.3 is 0 Å². The molecule has 0 fully saturated rings. The van der Waals surface area contributed by atoms with Gasteiger partial charge in [-0.1, -0.05) is 17.7 Å². The van der Waals surface area contributed by atoms with Gasteiger partial charge in [-0.2, -0.15) is 0 Å². The first-order valence-corrected chi connectivity index (χ1v) is 8.60. The number of anilines is 2. The second kappa shape index (κ2) is 9.07. The van der Waals surface area contributed by atoms with Gasteiger partial charge in [-0.05, 0) is 24.3 Å². The van der Waals surface area contributed by atoms with Gasteiger partial charge in [0, 0.05) is 42.3 Å². The van der Waals surface area contributed by atoms with Crippen molar-refractivity contribution in [1.29, 1.82) is 0 Å². The summed E-state index contributed by atoms with van der Waals surface area (Å²) in [5.41, 5.74) is 2.54. The van der Waals surface area contributed by atoms with Gasteiger partial charge in [-0.3, -0.25) is 14.8 Å². The lowest BCUT2D eigenvalue weighted by Crippen LogP contribution is -2.27. The third kappa shape index (κ3) is 5.22. The summed E-state index contributed by atoms with van der Waals surface area (Å²) in [5.74, 6) is 0.340. The number of hydrogen-bond donors (Lipinski definition) is 2. The first kappa shape index (κ1) is 18.8. The minimum atomic E-state index is -0.220. The highest BCUT2D eigenvalue weighted by molar-refractivity contribution is 6.30. The Labute approximate surface area is 161 Å². The van der Waals surface area contributed by atoms with Gasteiger partial charge in [0.1, 0.15) is 5.82 Å². The Kier molecular flexibility index (Phi) is 6.30. The number of methoxy groups -OCH3 is 1. The molecule has 0 bridgehead atoms. The number of ether oxygens (including phenoxy) is 1. The predicted molar refractivity (Wildman–Crippen MR) is 104 cm³/mol. The number of amides is 1. The number of nitrogens with one attached hydrogen (secondary N) is 2. The summed E-state index contributed by atoms with van der Waals surface area (Å²) >= 11 is 6.00. The lowest BCUT2D eigenvalue weighted by atomic mass is 10.1. The van der Waals surface area contributed by atoms with Crippen LogP contribution < -0.4 is 10.6 Å². The molecule has 0 atom stereocenters. The van der Waals surface area contributed by atoms with E-state index in [1.54, 1.807) is 43.9 Å². The van der Waals surface area contributed by atoms with Crippen LogP contribution >= 0.6 is 11.6 Å². The summed E-state index contributed by atoms with van der Waals surface area (Å²) in [5, 5.41) is 6.54. The highest BCUT2D eigenvalue weighted by Crippen LogP contribution is 2.21. The Morgan fingerprint density at radius 2 is 2.00 bits per heavy atom. The lowest BCUT2D eigenvalue weighted by Gasteiger charge is -2.08. The van der Waals surface area contributed by atoms with Gasteiger partial charge in [0.25, 0.3) is 5.91 Å². The van der Waals surface area contributed by atoms with E-state index in [0.29, 0.717) is 40.8 Å². The average Bonchev–Trinajstić information content (AvgIpc) is 2.68. The van der Waals surface area contributed by atoms with E-state index in [2.05, 4.69) is 25.6 Å². The Balaban J connectivity index is 1.78. The molecule has 7 nitrogen and oxygen atoms in total. The predicted octanol–water partition coefficient (Wildman–Crippen LogP) is 3.31.